The first-order chi connectivity index (χ1) is 32.0. The van der Waals surface area contributed by atoms with Gasteiger partial charge in [0.15, 0.2) is 6.10 Å². The molecule has 0 aliphatic heterocycles. The van der Waals surface area contributed by atoms with Crippen LogP contribution in [0.15, 0.2) is 60.8 Å². The second-order valence-corrected chi connectivity index (χ2v) is 18.5. The van der Waals surface area contributed by atoms with Gasteiger partial charge in [-0.25, -0.2) is 0 Å². The molecule has 0 amide bonds. The van der Waals surface area contributed by atoms with Gasteiger partial charge in [0.1, 0.15) is 13.2 Å². The molecular weight excluding hydrogens is 805 g/mol. The number of ether oxygens (including phenoxy) is 3. The smallest absolute Gasteiger partial charge is 0.306 e. The molecule has 0 spiro atoms. The van der Waals surface area contributed by atoms with Gasteiger partial charge in [0, 0.05) is 19.3 Å². The van der Waals surface area contributed by atoms with Gasteiger partial charge in [-0.15, -0.1) is 0 Å². The van der Waals surface area contributed by atoms with E-state index in [2.05, 4.69) is 81.5 Å². The Labute approximate surface area is 402 Å². The molecule has 0 aliphatic carbocycles. The summed E-state index contributed by atoms with van der Waals surface area (Å²) >= 11 is 0. The molecular formula is C59H104O6. The summed E-state index contributed by atoms with van der Waals surface area (Å²) in [7, 11) is 0. The maximum absolute atomic E-state index is 12.7. The SMILES string of the molecule is CCC/C=C\C/C=C\CCCCCCCC(=O)OC(COC(=O)CCCCCCCCC)COC(=O)CCCCCCCCCCCCCC/C=C\C/C=C\C/C=C\CCCCCCC. The van der Waals surface area contributed by atoms with Gasteiger partial charge < -0.3 is 14.2 Å². The minimum Gasteiger partial charge on any atom is -0.462 e. The normalized spacial score (nSPS) is 12.5. The number of unbranched alkanes of at least 4 members (excludes halogenated alkanes) is 29. The molecule has 6 nitrogen and oxygen atoms in total. The molecule has 0 fully saturated rings. The number of hydrogen-bond acceptors (Lipinski definition) is 6. The highest BCUT2D eigenvalue weighted by Gasteiger charge is 2.19. The predicted octanol–water partition coefficient (Wildman–Crippen LogP) is 18.4. The maximum atomic E-state index is 12.7. The van der Waals surface area contributed by atoms with Gasteiger partial charge in [0.2, 0.25) is 0 Å². The molecule has 0 bridgehead atoms. The van der Waals surface area contributed by atoms with E-state index in [-0.39, 0.29) is 31.1 Å². The number of hydrogen-bond donors (Lipinski definition) is 0. The highest BCUT2D eigenvalue weighted by Crippen LogP contribution is 2.15. The molecule has 65 heavy (non-hydrogen) atoms. The van der Waals surface area contributed by atoms with Crippen molar-refractivity contribution < 1.29 is 28.6 Å². The molecule has 0 heterocycles. The van der Waals surface area contributed by atoms with Crippen LogP contribution in [-0.4, -0.2) is 37.2 Å². The Bertz CT molecular complexity index is 1180. The summed E-state index contributed by atoms with van der Waals surface area (Å²) in [5.41, 5.74) is 0. The van der Waals surface area contributed by atoms with Gasteiger partial charge >= 0.3 is 17.9 Å². The zero-order valence-corrected chi connectivity index (χ0v) is 43.0. The van der Waals surface area contributed by atoms with Crippen molar-refractivity contribution in [2.45, 2.75) is 284 Å². The van der Waals surface area contributed by atoms with E-state index < -0.39 is 6.10 Å². The Kier molecular flexibility index (Phi) is 51.3. The Balaban J connectivity index is 4.11. The molecule has 0 saturated heterocycles. The molecule has 1 atom stereocenters. The fraction of sp³-hybridized carbons (Fsp3) is 0.780. The van der Waals surface area contributed by atoms with E-state index in [9.17, 15) is 14.4 Å². The van der Waals surface area contributed by atoms with Crippen LogP contribution in [0, 0.1) is 0 Å². The van der Waals surface area contributed by atoms with E-state index in [1.54, 1.807) is 0 Å². The van der Waals surface area contributed by atoms with Crippen molar-refractivity contribution in [3.63, 3.8) is 0 Å². The predicted molar refractivity (Wildman–Crippen MR) is 279 cm³/mol. The summed E-state index contributed by atoms with van der Waals surface area (Å²) < 4.78 is 16.7. The van der Waals surface area contributed by atoms with Crippen LogP contribution in [-0.2, 0) is 28.6 Å². The third kappa shape index (κ3) is 51.9. The topological polar surface area (TPSA) is 78.9 Å². The van der Waals surface area contributed by atoms with Crippen LogP contribution < -0.4 is 0 Å². The van der Waals surface area contributed by atoms with Crippen molar-refractivity contribution in [2.75, 3.05) is 13.2 Å². The second-order valence-electron chi connectivity index (χ2n) is 18.5. The van der Waals surface area contributed by atoms with Gasteiger partial charge in [0.25, 0.3) is 0 Å². The Morgan fingerprint density at radius 3 is 0.923 bits per heavy atom. The van der Waals surface area contributed by atoms with Crippen molar-refractivity contribution in [1.29, 1.82) is 0 Å². The number of allylic oxidation sites excluding steroid dienone is 10. The fourth-order valence-electron chi connectivity index (χ4n) is 7.78. The van der Waals surface area contributed by atoms with E-state index in [0.717, 1.165) is 103 Å². The number of esters is 3. The third-order valence-electron chi connectivity index (χ3n) is 12.0. The lowest BCUT2D eigenvalue weighted by Gasteiger charge is -2.18. The Hall–Kier alpha value is -2.89. The van der Waals surface area contributed by atoms with Crippen LogP contribution in [0.2, 0.25) is 0 Å². The lowest BCUT2D eigenvalue weighted by atomic mass is 10.0. The standard InChI is InChI=1S/C59H104O6/c1-4-7-10-13-16-18-20-22-23-24-25-26-27-28-29-30-31-32-33-34-35-37-38-40-43-46-49-52-58(61)64-55-56(54-63-57(60)51-48-45-42-15-12-9-6-3)65-59(62)53-50-47-44-41-39-36-21-19-17-14-11-8-5-2/h11,14,19-22,24-25,27-28,56H,4-10,12-13,15-18,23,26,29-55H2,1-3H3/b14-11-,21-19-,22-20-,25-24-,28-27-. The molecule has 0 aliphatic rings. The molecule has 0 saturated carbocycles. The van der Waals surface area contributed by atoms with Crippen molar-refractivity contribution in [3.05, 3.63) is 60.8 Å². The van der Waals surface area contributed by atoms with Crippen LogP contribution in [0.25, 0.3) is 0 Å². The Morgan fingerprint density at radius 1 is 0.308 bits per heavy atom. The fourth-order valence-corrected chi connectivity index (χ4v) is 7.78. The summed E-state index contributed by atoms with van der Waals surface area (Å²) in [6.07, 6.45) is 66.7. The van der Waals surface area contributed by atoms with Crippen LogP contribution in [0.1, 0.15) is 278 Å². The van der Waals surface area contributed by atoms with Gasteiger partial charge in [-0.1, -0.05) is 236 Å². The average Bonchev–Trinajstić information content (AvgIpc) is 3.30. The quantitative estimate of drug-likeness (QED) is 0.0262. The van der Waals surface area contributed by atoms with Gasteiger partial charge in [0.05, 0.1) is 0 Å². The van der Waals surface area contributed by atoms with Crippen LogP contribution in [0.3, 0.4) is 0 Å². The summed E-state index contributed by atoms with van der Waals surface area (Å²) in [5, 5.41) is 0. The molecule has 376 valence electrons. The van der Waals surface area contributed by atoms with Crippen LogP contribution >= 0.6 is 0 Å². The highest BCUT2D eigenvalue weighted by molar-refractivity contribution is 5.71. The van der Waals surface area contributed by atoms with E-state index in [4.69, 9.17) is 14.2 Å². The molecule has 6 heteroatoms. The summed E-state index contributed by atoms with van der Waals surface area (Å²) in [4.78, 5) is 37.8. The van der Waals surface area contributed by atoms with Gasteiger partial charge in [-0.05, 0) is 83.5 Å². The van der Waals surface area contributed by atoms with E-state index in [1.165, 1.54) is 135 Å². The molecule has 1 unspecified atom stereocenters. The highest BCUT2D eigenvalue weighted by atomic mass is 16.6. The zero-order chi connectivity index (χ0) is 47.2. The Morgan fingerprint density at radius 2 is 0.585 bits per heavy atom. The summed E-state index contributed by atoms with van der Waals surface area (Å²) in [6, 6.07) is 0. The number of carbonyl (C=O) groups excluding carboxylic acids is 3. The average molecular weight is 909 g/mol. The van der Waals surface area contributed by atoms with E-state index in [0.29, 0.717) is 19.3 Å². The number of rotatable bonds is 50. The second kappa shape index (κ2) is 53.7. The molecule has 0 radical (unpaired) electrons. The first-order valence-corrected chi connectivity index (χ1v) is 27.8. The van der Waals surface area contributed by atoms with Crippen molar-refractivity contribution in [2.24, 2.45) is 0 Å². The number of carbonyl (C=O) groups is 3. The van der Waals surface area contributed by atoms with Crippen molar-refractivity contribution >= 4 is 17.9 Å². The summed E-state index contributed by atoms with van der Waals surface area (Å²) in [6.45, 7) is 6.52. The molecule has 0 rings (SSSR count). The first-order valence-electron chi connectivity index (χ1n) is 27.8. The monoisotopic (exact) mass is 909 g/mol. The zero-order valence-electron chi connectivity index (χ0n) is 43.0. The summed E-state index contributed by atoms with van der Waals surface area (Å²) in [5.74, 6) is -0.897. The lowest BCUT2D eigenvalue weighted by Crippen LogP contribution is -2.30. The molecule has 0 aromatic heterocycles. The van der Waals surface area contributed by atoms with Crippen LogP contribution in [0.4, 0.5) is 0 Å². The minimum atomic E-state index is -0.778. The van der Waals surface area contributed by atoms with Crippen molar-refractivity contribution in [3.8, 4) is 0 Å². The lowest BCUT2D eigenvalue weighted by molar-refractivity contribution is -0.167. The van der Waals surface area contributed by atoms with E-state index in [1.807, 2.05) is 0 Å². The molecule has 0 N–H and O–H groups in total. The van der Waals surface area contributed by atoms with Gasteiger partial charge in [-0.2, -0.15) is 0 Å². The largest absolute Gasteiger partial charge is 0.462 e. The first kappa shape index (κ1) is 62.1. The maximum Gasteiger partial charge on any atom is 0.306 e. The minimum absolute atomic E-state index is 0.0792. The van der Waals surface area contributed by atoms with Crippen LogP contribution in [0.5, 0.6) is 0 Å². The van der Waals surface area contributed by atoms with E-state index >= 15 is 0 Å². The third-order valence-corrected chi connectivity index (χ3v) is 12.0. The molecule has 0 aromatic rings. The van der Waals surface area contributed by atoms with Gasteiger partial charge in [-0.3, -0.25) is 14.4 Å². The van der Waals surface area contributed by atoms with Crippen molar-refractivity contribution in [1.82, 2.24) is 0 Å². The molecule has 0 aromatic carbocycles.